The first-order valence-corrected chi connectivity index (χ1v) is 15.1. The van der Waals surface area contributed by atoms with E-state index in [1.54, 1.807) is 68.4 Å². The van der Waals surface area contributed by atoms with E-state index in [0.717, 1.165) is 16.9 Å². The van der Waals surface area contributed by atoms with E-state index < -0.39 is 28.8 Å². The molecule has 4 heterocycles. The number of esters is 1. The maximum Gasteiger partial charge on any atom is 0.350 e. The quantitative estimate of drug-likeness (QED) is 0.216. The molecule has 0 radical (unpaired) electrons. The lowest BCUT2D eigenvalue weighted by Crippen LogP contribution is -2.53. The minimum absolute atomic E-state index is 0.0596. The maximum atomic E-state index is 15.1. The molecule has 0 aliphatic carbocycles. The first kappa shape index (κ1) is 28.0. The summed E-state index contributed by atoms with van der Waals surface area (Å²) in [6.45, 7) is 5.39. The van der Waals surface area contributed by atoms with Crippen LogP contribution in [0.15, 0.2) is 75.9 Å². The predicted octanol–water partition coefficient (Wildman–Crippen LogP) is 6.15. The zero-order valence-electron chi connectivity index (χ0n) is 23.8. The molecule has 2 aliphatic rings. The van der Waals surface area contributed by atoms with Crippen molar-refractivity contribution >= 4 is 62.5 Å². The van der Waals surface area contributed by atoms with Crippen molar-refractivity contribution in [3.63, 3.8) is 0 Å². The molecule has 0 saturated carbocycles. The highest BCUT2D eigenvalue weighted by Gasteiger charge is 2.66. The monoisotopic (exact) mass is 625 g/mol. The number of thiazole rings is 1. The van der Waals surface area contributed by atoms with Crippen LogP contribution in [0.25, 0.3) is 11.0 Å². The van der Waals surface area contributed by atoms with Crippen LogP contribution < -0.4 is 15.2 Å². The van der Waals surface area contributed by atoms with Gasteiger partial charge in [-0.05, 0) is 50.6 Å². The van der Waals surface area contributed by atoms with Gasteiger partial charge in [0.05, 0.1) is 35.5 Å². The van der Waals surface area contributed by atoms with Gasteiger partial charge < -0.3 is 14.1 Å². The Morgan fingerprint density at radius 2 is 1.80 bits per heavy atom. The number of halogens is 1. The number of ether oxygens (including phenoxy) is 1. The van der Waals surface area contributed by atoms with Crippen LogP contribution in [0.4, 0.5) is 10.8 Å². The van der Waals surface area contributed by atoms with Crippen LogP contribution in [0, 0.1) is 13.8 Å². The molecule has 3 aromatic carbocycles. The number of benzene rings is 3. The van der Waals surface area contributed by atoms with Gasteiger partial charge in [0.2, 0.25) is 5.76 Å². The fourth-order valence-electron chi connectivity index (χ4n) is 6.09. The Hall–Kier alpha value is -4.80. The number of rotatable bonds is 5. The van der Waals surface area contributed by atoms with Gasteiger partial charge in [0.1, 0.15) is 10.5 Å². The lowest BCUT2D eigenvalue weighted by atomic mass is 9.84. The number of aromatic nitrogens is 1. The van der Waals surface area contributed by atoms with Crippen molar-refractivity contribution < 1.29 is 23.5 Å². The lowest BCUT2D eigenvalue weighted by Gasteiger charge is -2.32. The molecule has 1 unspecified atom stereocenters. The average Bonchev–Trinajstić information content (AvgIpc) is 3.59. The molecule has 2 amide bonds. The van der Waals surface area contributed by atoms with Gasteiger partial charge in [-0.3, -0.25) is 19.3 Å². The Labute approximate surface area is 260 Å². The van der Waals surface area contributed by atoms with E-state index in [4.69, 9.17) is 20.8 Å². The Kier molecular flexibility index (Phi) is 6.45. The number of fused-ring (bicyclic) bond motifs is 5. The third kappa shape index (κ3) is 3.80. The first-order chi connectivity index (χ1) is 21.2. The molecule has 0 fully saturated rings. The number of para-hydroxylation sites is 1. The van der Waals surface area contributed by atoms with Crippen molar-refractivity contribution in [3.05, 3.63) is 121 Å². The molecule has 9 nitrogen and oxygen atoms in total. The van der Waals surface area contributed by atoms with E-state index >= 15 is 4.79 Å². The molecule has 1 spiro atoms. The van der Waals surface area contributed by atoms with E-state index in [1.165, 1.54) is 9.80 Å². The fourth-order valence-corrected chi connectivity index (χ4v) is 7.30. The number of hydrogen-bond donors (Lipinski definition) is 0. The van der Waals surface area contributed by atoms with Crippen LogP contribution in [-0.4, -0.2) is 29.4 Å². The summed E-state index contributed by atoms with van der Waals surface area (Å²) in [6, 6.07) is 19.3. The number of hydrogen-bond acceptors (Lipinski definition) is 8. The molecule has 5 aromatic rings. The molecule has 1 atom stereocenters. The summed E-state index contributed by atoms with van der Waals surface area (Å²) in [7, 11) is 0. The Bertz CT molecular complexity index is 2120. The third-order valence-corrected chi connectivity index (χ3v) is 9.49. The largest absolute Gasteiger partial charge is 0.462 e. The normalized spacial score (nSPS) is 17.1. The second kappa shape index (κ2) is 10.1. The average molecular weight is 626 g/mol. The number of amides is 2. The Balaban J connectivity index is 1.55. The Morgan fingerprint density at radius 3 is 2.57 bits per heavy atom. The molecule has 7 rings (SSSR count). The number of carbonyl (C=O) groups excluding carboxylic acids is 3. The number of aryl methyl sites for hydroxylation is 2. The van der Waals surface area contributed by atoms with Crippen LogP contribution in [0.2, 0.25) is 5.02 Å². The summed E-state index contributed by atoms with van der Waals surface area (Å²) in [4.78, 5) is 64.3. The molecule has 0 N–H and O–H groups in total. The second-order valence-corrected chi connectivity index (χ2v) is 12.0. The smallest absolute Gasteiger partial charge is 0.350 e. The van der Waals surface area contributed by atoms with Crippen LogP contribution >= 0.6 is 22.9 Å². The molecule has 2 aromatic heterocycles. The van der Waals surface area contributed by atoms with Crippen molar-refractivity contribution in [2.45, 2.75) is 32.9 Å². The van der Waals surface area contributed by atoms with Gasteiger partial charge in [0, 0.05) is 10.6 Å². The number of nitrogens with zero attached hydrogens (tertiary/aromatic N) is 3. The zero-order valence-corrected chi connectivity index (χ0v) is 25.4. The second-order valence-electron chi connectivity index (χ2n) is 10.6. The molecular formula is C33H24ClN3O6S. The number of anilines is 2. The van der Waals surface area contributed by atoms with Crippen molar-refractivity contribution in [1.29, 1.82) is 0 Å². The summed E-state index contributed by atoms with van der Waals surface area (Å²) >= 11 is 7.44. The summed E-state index contributed by atoms with van der Waals surface area (Å²) in [5.41, 5.74) is 0.411. The van der Waals surface area contributed by atoms with E-state index in [2.05, 4.69) is 4.98 Å². The highest BCUT2D eigenvalue weighted by Crippen LogP contribution is 2.55. The molecule has 220 valence electrons. The van der Waals surface area contributed by atoms with Gasteiger partial charge in [0.15, 0.2) is 16.1 Å². The zero-order chi connectivity index (χ0) is 30.9. The minimum atomic E-state index is -1.96. The van der Waals surface area contributed by atoms with Gasteiger partial charge in [-0.1, -0.05) is 71.0 Å². The van der Waals surface area contributed by atoms with Crippen molar-refractivity contribution in [3.8, 4) is 0 Å². The topological polar surface area (TPSA) is 110 Å². The Morgan fingerprint density at radius 1 is 1.05 bits per heavy atom. The van der Waals surface area contributed by atoms with Crippen molar-refractivity contribution in [2.24, 2.45) is 0 Å². The maximum absolute atomic E-state index is 15.1. The predicted molar refractivity (Wildman–Crippen MR) is 167 cm³/mol. The van der Waals surface area contributed by atoms with Crippen LogP contribution in [0.3, 0.4) is 0 Å². The fraction of sp³-hybridized carbons (Fsp3) is 0.182. The van der Waals surface area contributed by atoms with Crippen molar-refractivity contribution in [1.82, 2.24) is 4.98 Å². The first-order valence-electron chi connectivity index (χ1n) is 13.9. The summed E-state index contributed by atoms with van der Waals surface area (Å²) in [6.07, 6.45) is 0. The molecule has 11 heteroatoms. The minimum Gasteiger partial charge on any atom is -0.462 e. The SMILES string of the molecule is CCOC(=O)c1sc(N2C(=O)c3oc4ccc(C)cc4c(=O)c3C23C(=O)N(Cc2ccccc2Cl)c2ccccc23)nc1C. The van der Waals surface area contributed by atoms with E-state index in [-0.39, 0.29) is 45.5 Å². The summed E-state index contributed by atoms with van der Waals surface area (Å²) in [5.74, 6) is -2.11. The van der Waals surface area contributed by atoms with Gasteiger partial charge in [0.25, 0.3) is 11.8 Å². The van der Waals surface area contributed by atoms with Crippen LogP contribution in [-0.2, 0) is 21.6 Å². The molecular weight excluding hydrogens is 602 g/mol. The van der Waals surface area contributed by atoms with Gasteiger partial charge in [-0.15, -0.1) is 0 Å². The summed E-state index contributed by atoms with van der Waals surface area (Å²) < 4.78 is 11.4. The van der Waals surface area contributed by atoms with E-state index in [9.17, 15) is 14.4 Å². The molecule has 2 aliphatic heterocycles. The summed E-state index contributed by atoms with van der Waals surface area (Å²) in [5, 5.41) is 0.772. The molecule has 0 saturated heterocycles. The van der Waals surface area contributed by atoms with Crippen LogP contribution in [0.5, 0.6) is 0 Å². The number of carbonyl (C=O) groups is 3. The van der Waals surface area contributed by atoms with Gasteiger partial charge in [-0.2, -0.15) is 0 Å². The van der Waals surface area contributed by atoms with Gasteiger partial charge >= 0.3 is 5.97 Å². The highest BCUT2D eigenvalue weighted by molar-refractivity contribution is 7.17. The van der Waals surface area contributed by atoms with E-state index in [1.807, 2.05) is 19.1 Å². The lowest BCUT2D eigenvalue weighted by molar-refractivity contribution is -0.121. The van der Waals surface area contributed by atoms with E-state index in [0.29, 0.717) is 27.5 Å². The van der Waals surface area contributed by atoms with Crippen LogP contribution in [0.1, 0.15) is 55.1 Å². The van der Waals surface area contributed by atoms with Crippen molar-refractivity contribution in [2.75, 3.05) is 16.4 Å². The molecule has 0 bridgehead atoms. The molecule has 44 heavy (non-hydrogen) atoms. The standard InChI is InChI=1S/C33H24ClN3O6S/c1-4-42-30(40)28-18(3)35-32(44-28)37-29(39)27-25(26(38)20-15-17(2)13-14-24(20)43-27)33(37)21-10-6-8-12-23(21)36(31(33)41)16-19-9-5-7-11-22(19)34/h5-15H,4,16H2,1-3H3. The highest BCUT2D eigenvalue weighted by atomic mass is 35.5. The third-order valence-electron chi connectivity index (χ3n) is 8.00. The van der Waals surface area contributed by atoms with Gasteiger partial charge in [-0.25, -0.2) is 9.78 Å².